The zero-order valence-electron chi connectivity index (χ0n) is 10.4. The molecule has 0 aliphatic rings. The van der Waals surface area contributed by atoms with Crippen LogP contribution in [0, 0.1) is 0 Å². The third-order valence-electron chi connectivity index (χ3n) is 2.63. The van der Waals surface area contributed by atoms with E-state index in [1.165, 1.54) is 24.3 Å². The predicted octanol–water partition coefficient (Wildman–Crippen LogP) is 2.65. The number of phenols is 1. The Morgan fingerprint density at radius 2 is 1.81 bits per heavy atom. The summed E-state index contributed by atoms with van der Waals surface area (Å²) in [4.78, 5) is 10.8. The molecule has 0 saturated carbocycles. The van der Waals surface area contributed by atoms with E-state index in [1.807, 2.05) is 0 Å². The number of carboxylic acid groups (broad SMARTS) is 1. The zero-order valence-corrected chi connectivity index (χ0v) is 12.8. The zero-order chi connectivity index (χ0) is 15.6. The van der Waals surface area contributed by atoms with Crippen molar-refractivity contribution in [3.8, 4) is 5.75 Å². The molecule has 8 heteroatoms. The van der Waals surface area contributed by atoms with Crippen LogP contribution >= 0.6 is 15.9 Å². The van der Waals surface area contributed by atoms with Gasteiger partial charge in [0.1, 0.15) is 5.75 Å². The van der Waals surface area contributed by atoms with Gasteiger partial charge in [-0.05, 0) is 46.3 Å². The van der Waals surface area contributed by atoms with Crippen molar-refractivity contribution in [1.82, 2.24) is 0 Å². The van der Waals surface area contributed by atoms with E-state index in [4.69, 9.17) is 5.11 Å². The molecular formula is C13H10BrNO5S. The average Bonchev–Trinajstić information content (AvgIpc) is 2.41. The largest absolute Gasteiger partial charge is 0.506 e. The number of rotatable bonds is 4. The number of benzene rings is 2. The fourth-order valence-electron chi connectivity index (χ4n) is 1.60. The van der Waals surface area contributed by atoms with Crippen LogP contribution in [0.15, 0.2) is 51.8 Å². The highest BCUT2D eigenvalue weighted by Crippen LogP contribution is 2.26. The maximum atomic E-state index is 12.2. The molecule has 0 spiro atoms. The van der Waals surface area contributed by atoms with E-state index in [0.717, 1.165) is 6.07 Å². The van der Waals surface area contributed by atoms with Crippen LogP contribution in [-0.4, -0.2) is 24.6 Å². The Balaban J connectivity index is 2.43. The number of anilines is 1. The molecule has 2 aromatic rings. The van der Waals surface area contributed by atoms with Crippen LogP contribution in [0.3, 0.4) is 0 Å². The van der Waals surface area contributed by atoms with Crippen LogP contribution in [0.25, 0.3) is 0 Å². The third-order valence-corrected chi connectivity index (χ3v) is 4.68. The molecule has 0 amide bonds. The molecule has 0 fully saturated rings. The van der Waals surface area contributed by atoms with Crippen LogP contribution in [-0.2, 0) is 10.0 Å². The lowest BCUT2D eigenvalue weighted by molar-refractivity contribution is 0.0695. The first-order valence-electron chi connectivity index (χ1n) is 5.65. The van der Waals surface area contributed by atoms with Gasteiger partial charge < -0.3 is 10.2 Å². The monoisotopic (exact) mass is 371 g/mol. The number of phenolic OH excluding ortho intramolecular Hbond substituents is 1. The Bertz CT molecular complexity index is 804. The Labute approximate surface area is 129 Å². The van der Waals surface area contributed by atoms with Crippen molar-refractivity contribution in [2.24, 2.45) is 0 Å². The lowest BCUT2D eigenvalue weighted by atomic mass is 10.2. The van der Waals surface area contributed by atoms with Gasteiger partial charge in [-0.1, -0.05) is 12.1 Å². The fourth-order valence-corrected chi connectivity index (χ4v) is 3.12. The molecule has 0 unspecified atom stereocenters. The van der Waals surface area contributed by atoms with E-state index in [-0.39, 0.29) is 26.4 Å². The average molecular weight is 372 g/mol. The topological polar surface area (TPSA) is 104 Å². The van der Waals surface area contributed by atoms with Crippen LogP contribution in [0.4, 0.5) is 5.69 Å². The lowest BCUT2D eigenvalue weighted by Gasteiger charge is -2.10. The number of para-hydroxylation sites is 2. The Hall–Kier alpha value is -2.06. The highest BCUT2D eigenvalue weighted by Gasteiger charge is 2.19. The van der Waals surface area contributed by atoms with Crippen molar-refractivity contribution in [1.29, 1.82) is 0 Å². The standard InChI is InChI=1S/C13H10BrNO5S/c14-10-6-5-8(7-9(10)13(17)18)21(19,20)15-11-3-1-2-4-12(11)16/h1-7,15-16H,(H,17,18). The summed E-state index contributed by atoms with van der Waals surface area (Å²) >= 11 is 3.04. The number of hydrogen-bond acceptors (Lipinski definition) is 4. The molecule has 21 heavy (non-hydrogen) atoms. The molecule has 0 aromatic heterocycles. The summed E-state index contributed by atoms with van der Waals surface area (Å²) in [5.41, 5.74) is -0.160. The van der Waals surface area contributed by atoms with Gasteiger partial charge >= 0.3 is 5.97 Å². The summed E-state index contributed by atoms with van der Waals surface area (Å²) in [5.74, 6) is -1.47. The number of halogens is 1. The second-order valence-electron chi connectivity index (χ2n) is 4.07. The highest BCUT2D eigenvalue weighted by atomic mass is 79.9. The molecule has 0 heterocycles. The molecular weight excluding hydrogens is 362 g/mol. The van der Waals surface area contributed by atoms with E-state index >= 15 is 0 Å². The minimum absolute atomic E-state index is 0.0114. The predicted molar refractivity (Wildman–Crippen MR) is 80.0 cm³/mol. The van der Waals surface area contributed by atoms with Gasteiger partial charge in [0, 0.05) is 4.47 Å². The quantitative estimate of drug-likeness (QED) is 0.716. The normalized spacial score (nSPS) is 11.1. The molecule has 0 atom stereocenters. The first-order valence-corrected chi connectivity index (χ1v) is 7.92. The van der Waals surface area contributed by atoms with Gasteiger partial charge in [0.05, 0.1) is 16.1 Å². The second-order valence-corrected chi connectivity index (χ2v) is 6.61. The first-order chi connectivity index (χ1) is 9.81. The van der Waals surface area contributed by atoms with Crippen LogP contribution in [0.5, 0.6) is 5.75 Å². The van der Waals surface area contributed by atoms with Gasteiger partial charge in [-0.25, -0.2) is 13.2 Å². The number of aromatic carboxylic acids is 1. The lowest BCUT2D eigenvalue weighted by Crippen LogP contribution is -2.14. The second kappa shape index (κ2) is 5.74. The Kier molecular flexibility index (Phi) is 4.19. The highest BCUT2D eigenvalue weighted by molar-refractivity contribution is 9.10. The Morgan fingerprint density at radius 3 is 2.43 bits per heavy atom. The number of hydrogen-bond donors (Lipinski definition) is 3. The first kappa shape index (κ1) is 15.3. The van der Waals surface area contributed by atoms with E-state index < -0.39 is 16.0 Å². The molecule has 0 bridgehead atoms. The minimum Gasteiger partial charge on any atom is -0.506 e. The number of carboxylic acids is 1. The van der Waals surface area contributed by atoms with Gasteiger partial charge in [-0.2, -0.15) is 0 Å². The molecule has 2 rings (SSSR count). The molecule has 3 N–H and O–H groups in total. The number of nitrogens with one attached hydrogen (secondary N) is 1. The number of sulfonamides is 1. The van der Waals surface area contributed by atoms with Crippen molar-refractivity contribution in [2.45, 2.75) is 4.90 Å². The summed E-state index contributed by atoms with van der Waals surface area (Å²) in [6, 6.07) is 9.47. The van der Waals surface area contributed by atoms with Gasteiger partial charge in [0.15, 0.2) is 0 Å². The molecule has 6 nitrogen and oxygen atoms in total. The van der Waals surface area contributed by atoms with Gasteiger partial charge in [0.2, 0.25) is 0 Å². The smallest absolute Gasteiger partial charge is 0.336 e. The maximum Gasteiger partial charge on any atom is 0.336 e. The van der Waals surface area contributed by atoms with E-state index in [1.54, 1.807) is 12.1 Å². The van der Waals surface area contributed by atoms with Crippen LogP contribution in [0.1, 0.15) is 10.4 Å². The summed E-state index contributed by atoms with van der Waals surface area (Å²) in [7, 11) is -4.00. The summed E-state index contributed by atoms with van der Waals surface area (Å²) in [6.45, 7) is 0. The van der Waals surface area contributed by atoms with Crippen LogP contribution < -0.4 is 4.72 Å². The third kappa shape index (κ3) is 3.34. The van der Waals surface area contributed by atoms with Gasteiger partial charge in [-0.15, -0.1) is 0 Å². The van der Waals surface area contributed by atoms with Crippen molar-refractivity contribution >= 4 is 37.6 Å². The van der Waals surface area contributed by atoms with Crippen molar-refractivity contribution in [3.05, 3.63) is 52.5 Å². The summed E-state index contributed by atoms with van der Waals surface area (Å²) in [6.07, 6.45) is 0. The summed E-state index contributed by atoms with van der Waals surface area (Å²) < 4.78 is 26.9. The molecule has 0 aliphatic carbocycles. The molecule has 2 aromatic carbocycles. The van der Waals surface area contributed by atoms with Gasteiger partial charge in [-0.3, -0.25) is 4.72 Å². The molecule has 110 valence electrons. The van der Waals surface area contributed by atoms with E-state index in [0.29, 0.717) is 0 Å². The van der Waals surface area contributed by atoms with Gasteiger partial charge in [0.25, 0.3) is 10.0 Å². The van der Waals surface area contributed by atoms with Crippen molar-refractivity contribution in [2.75, 3.05) is 4.72 Å². The SMILES string of the molecule is O=C(O)c1cc(S(=O)(=O)Nc2ccccc2O)ccc1Br. The molecule has 0 aliphatic heterocycles. The minimum atomic E-state index is -4.00. The summed E-state index contributed by atoms with van der Waals surface area (Å²) in [5, 5.41) is 18.6. The maximum absolute atomic E-state index is 12.2. The molecule has 0 radical (unpaired) electrons. The van der Waals surface area contributed by atoms with E-state index in [2.05, 4.69) is 20.7 Å². The molecule has 0 saturated heterocycles. The van der Waals surface area contributed by atoms with E-state index in [9.17, 15) is 18.3 Å². The Morgan fingerprint density at radius 1 is 1.14 bits per heavy atom. The van der Waals surface area contributed by atoms with Crippen molar-refractivity contribution < 1.29 is 23.4 Å². The number of aromatic hydroxyl groups is 1. The fraction of sp³-hybridized carbons (Fsp3) is 0. The van der Waals surface area contributed by atoms with Crippen LogP contribution in [0.2, 0.25) is 0 Å². The number of carbonyl (C=O) groups is 1. The van der Waals surface area contributed by atoms with Crippen molar-refractivity contribution in [3.63, 3.8) is 0 Å².